The summed E-state index contributed by atoms with van der Waals surface area (Å²) in [4.78, 5) is 21.7. The molecule has 1 amide bonds. The third kappa shape index (κ3) is 2.64. The Bertz CT molecular complexity index is 445. The van der Waals surface area contributed by atoms with E-state index in [-0.39, 0.29) is 28.3 Å². The van der Waals surface area contributed by atoms with Crippen molar-refractivity contribution in [3.8, 4) is 5.75 Å². The fourth-order valence-corrected chi connectivity index (χ4v) is 1.55. The van der Waals surface area contributed by atoms with E-state index in [1.54, 1.807) is 0 Å². The first kappa shape index (κ1) is 12.3. The summed E-state index contributed by atoms with van der Waals surface area (Å²) in [7, 11) is 1.38. The van der Waals surface area contributed by atoms with Crippen LogP contribution in [0.2, 0.25) is 5.02 Å². The number of primary amides is 1. The van der Waals surface area contributed by atoms with Crippen LogP contribution < -0.4 is 10.5 Å². The van der Waals surface area contributed by atoms with Gasteiger partial charge in [0.1, 0.15) is 5.75 Å². The number of nitrogens with two attached hydrogens (primary N) is 1. The molecule has 0 heterocycles. The number of carboxylic acid groups (broad SMARTS) is 1. The Morgan fingerprint density at radius 2 is 2.12 bits per heavy atom. The number of benzene rings is 1. The fourth-order valence-electron chi connectivity index (χ4n) is 1.28. The molecule has 1 aromatic carbocycles. The first-order valence-corrected chi connectivity index (χ1v) is 4.71. The van der Waals surface area contributed by atoms with Gasteiger partial charge < -0.3 is 15.6 Å². The molecular formula is C10H10ClNO4. The normalized spacial score (nSPS) is 9.88. The van der Waals surface area contributed by atoms with Crippen molar-refractivity contribution in [3.05, 3.63) is 28.3 Å². The average Bonchev–Trinajstić information content (AvgIpc) is 2.16. The molecule has 6 heteroatoms. The van der Waals surface area contributed by atoms with E-state index in [9.17, 15) is 9.59 Å². The Balaban J connectivity index is 3.30. The first-order valence-electron chi connectivity index (χ1n) is 4.33. The number of carbonyl (C=O) groups excluding carboxylic acids is 1. The van der Waals surface area contributed by atoms with Crippen LogP contribution in [0.5, 0.6) is 5.75 Å². The van der Waals surface area contributed by atoms with Crippen molar-refractivity contribution < 1.29 is 19.4 Å². The number of amides is 1. The summed E-state index contributed by atoms with van der Waals surface area (Å²) < 4.78 is 4.88. The molecular weight excluding hydrogens is 234 g/mol. The molecule has 86 valence electrons. The minimum Gasteiger partial charge on any atom is -0.495 e. The summed E-state index contributed by atoms with van der Waals surface area (Å²) in [5.74, 6) is -1.54. The highest BCUT2D eigenvalue weighted by Crippen LogP contribution is 2.28. The molecule has 1 aromatic rings. The molecule has 0 fully saturated rings. The maximum atomic E-state index is 10.9. The van der Waals surface area contributed by atoms with Gasteiger partial charge in [-0.2, -0.15) is 0 Å². The molecule has 16 heavy (non-hydrogen) atoms. The van der Waals surface area contributed by atoms with E-state index in [0.29, 0.717) is 0 Å². The van der Waals surface area contributed by atoms with Gasteiger partial charge in [-0.25, -0.2) is 4.79 Å². The van der Waals surface area contributed by atoms with Crippen molar-refractivity contribution in [1.82, 2.24) is 0 Å². The van der Waals surface area contributed by atoms with E-state index in [1.165, 1.54) is 19.2 Å². The topological polar surface area (TPSA) is 89.6 Å². The van der Waals surface area contributed by atoms with Crippen molar-refractivity contribution in [2.75, 3.05) is 7.11 Å². The average molecular weight is 244 g/mol. The number of halogens is 1. The molecule has 1 rings (SSSR count). The van der Waals surface area contributed by atoms with Crippen LogP contribution in [-0.4, -0.2) is 24.1 Å². The second-order valence-electron chi connectivity index (χ2n) is 3.09. The molecule has 0 radical (unpaired) electrons. The lowest BCUT2D eigenvalue weighted by Gasteiger charge is -2.08. The van der Waals surface area contributed by atoms with Gasteiger partial charge in [0.05, 0.1) is 24.1 Å². The van der Waals surface area contributed by atoms with Gasteiger partial charge in [0.15, 0.2) is 0 Å². The second kappa shape index (κ2) is 4.85. The summed E-state index contributed by atoms with van der Waals surface area (Å²) in [6.07, 6.45) is -0.175. The van der Waals surface area contributed by atoms with Crippen LogP contribution in [0, 0.1) is 0 Å². The summed E-state index contributed by atoms with van der Waals surface area (Å²) in [6.45, 7) is 0. The van der Waals surface area contributed by atoms with Gasteiger partial charge in [-0.1, -0.05) is 11.6 Å². The number of aromatic carboxylic acids is 1. The highest BCUT2D eigenvalue weighted by atomic mass is 35.5. The van der Waals surface area contributed by atoms with Crippen molar-refractivity contribution >= 4 is 23.5 Å². The minimum atomic E-state index is -1.16. The Morgan fingerprint density at radius 1 is 1.50 bits per heavy atom. The van der Waals surface area contributed by atoms with Crippen molar-refractivity contribution in [3.63, 3.8) is 0 Å². The number of ether oxygens (including phenoxy) is 1. The predicted octanol–water partition coefficient (Wildman–Crippen LogP) is 1.07. The molecule has 0 unspecified atom stereocenters. The van der Waals surface area contributed by atoms with Gasteiger partial charge >= 0.3 is 5.97 Å². The molecule has 0 aliphatic heterocycles. The van der Waals surface area contributed by atoms with Crippen LogP contribution in [-0.2, 0) is 11.2 Å². The number of methoxy groups -OCH3 is 1. The number of hydrogen-bond acceptors (Lipinski definition) is 3. The van der Waals surface area contributed by atoms with Gasteiger partial charge in [-0.05, 0) is 17.7 Å². The Labute approximate surface area is 96.8 Å². The van der Waals surface area contributed by atoms with Gasteiger partial charge in [-0.15, -0.1) is 0 Å². The lowest BCUT2D eigenvalue weighted by atomic mass is 10.0. The van der Waals surface area contributed by atoms with Crippen molar-refractivity contribution in [2.45, 2.75) is 6.42 Å². The molecule has 0 aliphatic rings. The van der Waals surface area contributed by atoms with Crippen LogP contribution in [0.15, 0.2) is 12.1 Å². The second-order valence-corrected chi connectivity index (χ2v) is 3.50. The first-order chi connectivity index (χ1) is 7.45. The summed E-state index contributed by atoms with van der Waals surface area (Å²) in [5.41, 5.74) is 5.24. The molecule has 0 spiro atoms. The Morgan fingerprint density at radius 3 is 2.56 bits per heavy atom. The van der Waals surface area contributed by atoms with Crippen molar-refractivity contribution in [2.24, 2.45) is 5.73 Å². The largest absolute Gasteiger partial charge is 0.495 e. The van der Waals surface area contributed by atoms with Gasteiger partial charge in [0, 0.05) is 0 Å². The summed E-state index contributed by atoms with van der Waals surface area (Å²) in [6, 6.07) is 2.64. The summed E-state index contributed by atoms with van der Waals surface area (Å²) >= 11 is 5.82. The molecule has 5 nitrogen and oxygen atoms in total. The Hall–Kier alpha value is -1.75. The van der Waals surface area contributed by atoms with E-state index in [1.807, 2.05) is 0 Å². The Kier molecular flexibility index (Phi) is 3.73. The van der Waals surface area contributed by atoms with Crippen LogP contribution in [0.3, 0.4) is 0 Å². The van der Waals surface area contributed by atoms with Gasteiger partial charge in [0.2, 0.25) is 5.91 Å². The van der Waals surface area contributed by atoms with E-state index < -0.39 is 11.9 Å². The zero-order chi connectivity index (χ0) is 12.3. The number of hydrogen-bond donors (Lipinski definition) is 2. The third-order valence-corrected chi connectivity index (χ3v) is 2.27. The smallest absolute Gasteiger partial charge is 0.336 e. The summed E-state index contributed by atoms with van der Waals surface area (Å²) in [5, 5.41) is 9.18. The standard InChI is InChI=1S/C10H10ClNO4/c1-16-8-4-6(10(14)15)5(2-7(8)11)3-9(12)13/h2,4H,3H2,1H3,(H2,12,13)(H,14,15). The number of rotatable bonds is 4. The molecule has 0 aliphatic carbocycles. The van der Waals surface area contributed by atoms with Crippen LogP contribution >= 0.6 is 11.6 Å². The third-order valence-electron chi connectivity index (χ3n) is 1.97. The zero-order valence-electron chi connectivity index (χ0n) is 8.49. The zero-order valence-corrected chi connectivity index (χ0v) is 9.25. The van der Waals surface area contributed by atoms with E-state index in [4.69, 9.17) is 27.2 Å². The van der Waals surface area contributed by atoms with Crippen molar-refractivity contribution in [1.29, 1.82) is 0 Å². The maximum Gasteiger partial charge on any atom is 0.336 e. The molecule has 0 atom stereocenters. The lowest BCUT2D eigenvalue weighted by molar-refractivity contribution is -0.117. The monoisotopic (exact) mass is 243 g/mol. The molecule has 0 saturated heterocycles. The highest BCUT2D eigenvalue weighted by Gasteiger charge is 2.15. The predicted molar refractivity (Wildman–Crippen MR) is 57.9 cm³/mol. The fraction of sp³-hybridized carbons (Fsp3) is 0.200. The molecule has 3 N–H and O–H groups in total. The molecule has 0 saturated carbocycles. The number of carboxylic acids is 1. The van der Waals surface area contributed by atoms with Crippen LogP contribution in [0.4, 0.5) is 0 Å². The van der Waals surface area contributed by atoms with E-state index in [0.717, 1.165) is 0 Å². The van der Waals surface area contributed by atoms with Gasteiger partial charge in [0.25, 0.3) is 0 Å². The number of carbonyl (C=O) groups is 2. The van der Waals surface area contributed by atoms with E-state index in [2.05, 4.69) is 0 Å². The SMILES string of the molecule is COc1cc(C(=O)O)c(CC(N)=O)cc1Cl. The van der Waals surface area contributed by atoms with Crippen LogP contribution in [0.1, 0.15) is 15.9 Å². The molecule has 0 bridgehead atoms. The van der Waals surface area contributed by atoms with E-state index >= 15 is 0 Å². The highest BCUT2D eigenvalue weighted by molar-refractivity contribution is 6.32. The van der Waals surface area contributed by atoms with Crippen LogP contribution in [0.25, 0.3) is 0 Å². The van der Waals surface area contributed by atoms with Gasteiger partial charge in [-0.3, -0.25) is 4.79 Å². The quantitative estimate of drug-likeness (QED) is 0.828. The minimum absolute atomic E-state index is 0.0416. The molecule has 0 aromatic heterocycles. The lowest BCUT2D eigenvalue weighted by Crippen LogP contribution is -2.16. The maximum absolute atomic E-state index is 10.9.